The first-order valence-corrected chi connectivity index (χ1v) is 6.81. The largest absolute Gasteiger partial charge is 0.449 e. The van der Waals surface area contributed by atoms with Gasteiger partial charge in [-0.1, -0.05) is 15.9 Å². The molecule has 0 spiro atoms. The molecule has 106 valence electrons. The van der Waals surface area contributed by atoms with Crippen molar-refractivity contribution < 1.29 is 13.5 Å². The van der Waals surface area contributed by atoms with E-state index in [1.165, 1.54) is 18.3 Å². The molecule has 3 nitrogen and oxygen atoms in total. The first-order valence-electron chi connectivity index (χ1n) is 6.02. The number of nitrogen functional groups attached to an aromatic ring is 1. The Morgan fingerprint density at radius 2 is 1.90 bits per heavy atom. The van der Waals surface area contributed by atoms with Crippen molar-refractivity contribution >= 4 is 32.5 Å². The van der Waals surface area contributed by atoms with Crippen LogP contribution in [-0.2, 0) is 0 Å². The molecule has 0 atom stereocenters. The van der Waals surface area contributed by atoms with Crippen molar-refractivity contribution in [1.29, 1.82) is 0 Å². The predicted octanol–water partition coefficient (Wildman–Crippen LogP) is 4.65. The topological polar surface area (TPSA) is 48.1 Å². The van der Waals surface area contributed by atoms with Crippen molar-refractivity contribution in [3.05, 3.63) is 58.7 Å². The van der Waals surface area contributed by atoms with Gasteiger partial charge in [0, 0.05) is 27.8 Å². The summed E-state index contributed by atoms with van der Waals surface area (Å²) in [4.78, 5) is 4.07. The van der Waals surface area contributed by atoms with Gasteiger partial charge in [0.2, 0.25) is 0 Å². The van der Waals surface area contributed by atoms with Gasteiger partial charge in [0.15, 0.2) is 23.1 Å². The van der Waals surface area contributed by atoms with Crippen LogP contribution in [0.15, 0.2) is 47.1 Å². The number of rotatable bonds is 2. The van der Waals surface area contributed by atoms with Crippen LogP contribution in [0.1, 0.15) is 0 Å². The monoisotopic (exact) mass is 350 g/mol. The van der Waals surface area contributed by atoms with E-state index in [1.807, 2.05) is 0 Å². The van der Waals surface area contributed by atoms with Gasteiger partial charge < -0.3 is 10.5 Å². The van der Waals surface area contributed by atoms with Crippen molar-refractivity contribution in [2.45, 2.75) is 0 Å². The van der Waals surface area contributed by atoms with Crippen molar-refractivity contribution in [1.82, 2.24) is 4.98 Å². The Kier molecular flexibility index (Phi) is 3.47. The highest BCUT2D eigenvalue weighted by Gasteiger charge is 2.16. The molecule has 0 fully saturated rings. The first-order chi connectivity index (χ1) is 10.1. The van der Waals surface area contributed by atoms with Gasteiger partial charge in [-0.3, -0.25) is 4.98 Å². The molecule has 0 saturated carbocycles. The number of halogens is 3. The Hall–Kier alpha value is -2.21. The smallest absolute Gasteiger partial charge is 0.189 e. The van der Waals surface area contributed by atoms with Crippen LogP contribution in [0.5, 0.6) is 11.5 Å². The lowest BCUT2D eigenvalue weighted by molar-refractivity contribution is 0.418. The molecule has 6 heteroatoms. The summed E-state index contributed by atoms with van der Waals surface area (Å²) in [5.41, 5.74) is 6.25. The highest BCUT2D eigenvalue weighted by Crippen LogP contribution is 2.35. The van der Waals surface area contributed by atoms with Gasteiger partial charge in [-0.25, -0.2) is 8.78 Å². The third-order valence-electron chi connectivity index (χ3n) is 2.94. The van der Waals surface area contributed by atoms with Crippen LogP contribution in [0.2, 0.25) is 0 Å². The first kappa shape index (κ1) is 13.8. The summed E-state index contributed by atoms with van der Waals surface area (Å²) < 4.78 is 33.9. The molecule has 2 N–H and O–H groups in total. The molecule has 0 amide bonds. The molecule has 0 saturated heterocycles. The number of benzene rings is 2. The third-order valence-corrected chi connectivity index (χ3v) is 3.43. The number of ether oxygens (including phenoxy) is 1. The number of aromatic nitrogens is 1. The van der Waals surface area contributed by atoms with Crippen molar-refractivity contribution in [2.24, 2.45) is 0 Å². The number of nitrogens with two attached hydrogens (primary N) is 1. The maximum absolute atomic E-state index is 14.1. The molecule has 0 aliphatic heterocycles. The van der Waals surface area contributed by atoms with Gasteiger partial charge >= 0.3 is 0 Å². The second-order valence-corrected chi connectivity index (χ2v) is 5.27. The molecular formula is C15H9BrF2N2O. The quantitative estimate of drug-likeness (QED) is 0.684. The zero-order valence-electron chi connectivity index (χ0n) is 10.6. The molecule has 3 aromatic rings. The molecule has 0 aliphatic rings. The van der Waals surface area contributed by atoms with Crippen LogP contribution >= 0.6 is 15.9 Å². The van der Waals surface area contributed by atoms with Crippen LogP contribution < -0.4 is 10.5 Å². The SMILES string of the molecule is Nc1cc(F)c(Oc2ccc(Br)cc2F)c2ncccc12. The van der Waals surface area contributed by atoms with Crippen LogP contribution in [0.25, 0.3) is 10.9 Å². The van der Waals surface area contributed by atoms with Gasteiger partial charge in [0.05, 0.1) is 0 Å². The van der Waals surface area contributed by atoms with Gasteiger partial charge in [-0.05, 0) is 30.3 Å². The predicted molar refractivity (Wildman–Crippen MR) is 80.3 cm³/mol. The zero-order valence-corrected chi connectivity index (χ0v) is 12.2. The van der Waals surface area contributed by atoms with Crippen molar-refractivity contribution in [2.75, 3.05) is 5.73 Å². The number of hydrogen-bond donors (Lipinski definition) is 1. The van der Waals surface area contributed by atoms with Gasteiger partial charge in [-0.15, -0.1) is 0 Å². The molecule has 1 aromatic heterocycles. The fourth-order valence-electron chi connectivity index (χ4n) is 1.98. The Balaban J connectivity index is 2.16. The molecule has 2 aromatic carbocycles. The average molecular weight is 351 g/mol. The molecule has 3 rings (SSSR count). The van der Waals surface area contributed by atoms with Crippen LogP contribution in [-0.4, -0.2) is 4.98 Å². The number of pyridine rings is 1. The van der Waals surface area contributed by atoms with Crippen LogP contribution in [0.3, 0.4) is 0 Å². The Morgan fingerprint density at radius 1 is 1.10 bits per heavy atom. The second kappa shape index (κ2) is 5.29. The minimum absolute atomic E-state index is 0.0891. The summed E-state index contributed by atoms with van der Waals surface area (Å²) in [6.07, 6.45) is 1.49. The van der Waals surface area contributed by atoms with E-state index in [4.69, 9.17) is 10.5 Å². The molecule has 1 heterocycles. The Morgan fingerprint density at radius 3 is 2.67 bits per heavy atom. The number of nitrogens with zero attached hydrogens (tertiary/aromatic N) is 1. The maximum atomic E-state index is 14.1. The lowest BCUT2D eigenvalue weighted by Gasteiger charge is -2.11. The fourth-order valence-corrected chi connectivity index (χ4v) is 2.31. The lowest BCUT2D eigenvalue weighted by Crippen LogP contribution is -1.97. The molecule has 0 bridgehead atoms. The number of hydrogen-bond acceptors (Lipinski definition) is 3. The minimum Gasteiger partial charge on any atom is -0.449 e. The summed E-state index contributed by atoms with van der Waals surface area (Å²) in [5, 5.41) is 0.548. The molecular weight excluding hydrogens is 342 g/mol. The van der Waals surface area contributed by atoms with E-state index in [-0.39, 0.29) is 22.7 Å². The summed E-state index contributed by atoms with van der Waals surface area (Å²) in [7, 11) is 0. The van der Waals surface area contributed by atoms with Gasteiger partial charge in [-0.2, -0.15) is 0 Å². The molecule has 0 aliphatic carbocycles. The normalized spacial score (nSPS) is 10.8. The summed E-state index contributed by atoms with van der Waals surface area (Å²) in [6, 6.07) is 8.76. The van der Waals surface area contributed by atoms with Crippen molar-refractivity contribution in [3.63, 3.8) is 0 Å². The van der Waals surface area contributed by atoms with E-state index in [9.17, 15) is 8.78 Å². The second-order valence-electron chi connectivity index (χ2n) is 4.35. The molecule has 21 heavy (non-hydrogen) atoms. The van der Waals surface area contributed by atoms with E-state index in [2.05, 4.69) is 20.9 Å². The Bertz CT molecular complexity index is 839. The zero-order chi connectivity index (χ0) is 15.0. The molecule has 0 radical (unpaired) electrons. The van der Waals surface area contributed by atoms with E-state index in [1.54, 1.807) is 18.2 Å². The highest BCUT2D eigenvalue weighted by atomic mass is 79.9. The lowest BCUT2D eigenvalue weighted by atomic mass is 10.1. The summed E-state index contributed by atoms with van der Waals surface area (Å²) in [5.74, 6) is -1.54. The van der Waals surface area contributed by atoms with Crippen LogP contribution in [0, 0.1) is 11.6 Å². The van der Waals surface area contributed by atoms with Crippen molar-refractivity contribution in [3.8, 4) is 11.5 Å². The van der Waals surface area contributed by atoms with E-state index >= 15 is 0 Å². The van der Waals surface area contributed by atoms with Gasteiger partial charge in [0.25, 0.3) is 0 Å². The fraction of sp³-hybridized carbons (Fsp3) is 0. The number of fused-ring (bicyclic) bond motifs is 1. The summed E-state index contributed by atoms with van der Waals surface area (Å²) in [6.45, 7) is 0. The third kappa shape index (κ3) is 2.54. The van der Waals surface area contributed by atoms with E-state index in [0.29, 0.717) is 9.86 Å². The van der Waals surface area contributed by atoms with Gasteiger partial charge in [0.1, 0.15) is 5.52 Å². The minimum atomic E-state index is -0.694. The maximum Gasteiger partial charge on any atom is 0.189 e. The average Bonchev–Trinajstić information content (AvgIpc) is 2.45. The van der Waals surface area contributed by atoms with E-state index < -0.39 is 11.6 Å². The van der Waals surface area contributed by atoms with E-state index in [0.717, 1.165) is 6.07 Å². The van der Waals surface area contributed by atoms with Crippen LogP contribution in [0.4, 0.5) is 14.5 Å². The standard InChI is InChI=1S/C15H9BrF2N2O/c16-8-3-4-13(10(17)6-8)21-15-11(18)7-12(19)9-2-1-5-20-14(9)15/h1-7H,19H2. The molecule has 0 unspecified atom stereocenters. The number of anilines is 1. The Labute approximate surface area is 127 Å². The highest BCUT2D eigenvalue weighted by molar-refractivity contribution is 9.10. The summed E-state index contributed by atoms with van der Waals surface area (Å²) >= 11 is 3.15.